The highest BCUT2D eigenvalue weighted by molar-refractivity contribution is 9.08. The van der Waals surface area contributed by atoms with Crippen molar-refractivity contribution in [3.63, 3.8) is 0 Å². The molecule has 2 rings (SSSR count). The molecule has 1 aromatic carbocycles. The van der Waals surface area contributed by atoms with Gasteiger partial charge in [0.2, 0.25) is 0 Å². The molecule has 0 radical (unpaired) electrons. The van der Waals surface area contributed by atoms with E-state index in [4.69, 9.17) is 0 Å². The highest BCUT2D eigenvalue weighted by Gasteiger charge is 2.23. The van der Waals surface area contributed by atoms with Gasteiger partial charge in [0.1, 0.15) is 0 Å². The maximum Gasteiger partial charge on any atom is 0.0410 e. The van der Waals surface area contributed by atoms with Gasteiger partial charge in [-0.05, 0) is 32.5 Å². The Bertz CT molecular complexity index is 392. The standard InChI is InChI=1S/C14H21BrN2/c1-11-4-5-14(13(8-11)9-15)17-7-6-16(3)10-12(17)2/h4-5,8,12H,6-7,9-10H2,1-3H3. The second-order valence-corrected chi connectivity index (χ2v) is 5.63. The van der Waals surface area contributed by atoms with Crippen LogP contribution in [-0.4, -0.2) is 37.6 Å². The summed E-state index contributed by atoms with van der Waals surface area (Å²) >= 11 is 3.60. The van der Waals surface area contributed by atoms with Crippen molar-refractivity contribution >= 4 is 21.6 Å². The second kappa shape index (κ2) is 5.40. The van der Waals surface area contributed by atoms with Crippen molar-refractivity contribution in [1.82, 2.24) is 4.90 Å². The summed E-state index contributed by atoms with van der Waals surface area (Å²) in [5, 5.41) is 0.934. The van der Waals surface area contributed by atoms with Crippen molar-refractivity contribution < 1.29 is 0 Å². The van der Waals surface area contributed by atoms with Crippen LogP contribution >= 0.6 is 15.9 Å². The van der Waals surface area contributed by atoms with E-state index in [9.17, 15) is 0 Å². The van der Waals surface area contributed by atoms with Crippen molar-refractivity contribution in [3.8, 4) is 0 Å². The number of anilines is 1. The van der Waals surface area contributed by atoms with E-state index in [1.165, 1.54) is 16.8 Å². The normalized spacial score (nSPS) is 21.9. The van der Waals surface area contributed by atoms with Gasteiger partial charge < -0.3 is 9.80 Å². The first-order chi connectivity index (χ1) is 8.11. The summed E-state index contributed by atoms with van der Waals surface area (Å²) in [4.78, 5) is 4.94. The molecule has 2 nitrogen and oxygen atoms in total. The number of benzene rings is 1. The SMILES string of the molecule is Cc1ccc(N2CCN(C)CC2C)c(CBr)c1. The summed E-state index contributed by atoms with van der Waals surface area (Å²) in [5.74, 6) is 0. The number of halogens is 1. The molecule has 1 unspecified atom stereocenters. The largest absolute Gasteiger partial charge is 0.366 e. The first-order valence-corrected chi connectivity index (χ1v) is 7.34. The molecule has 0 spiro atoms. The van der Waals surface area contributed by atoms with Crippen LogP contribution < -0.4 is 4.90 Å². The molecule has 3 heteroatoms. The molecule has 1 fully saturated rings. The lowest BCUT2D eigenvalue weighted by Gasteiger charge is -2.40. The Labute approximate surface area is 113 Å². The molecule has 1 aromatic rings. The van der Waals surface area contributed by atoms with Gasteiger partial charge in [0.15, 0.2) is 0 Å². The fourth-order valence-corrected chi connectivity index (χ4v) is 3.05. The smallest absolute Gasteiger partial charge is 0.0410 e. The first-order valence-electron chi connectivity index (χ1n) is 6.22. The topological polar surface area (TPSA) is 6.48 Å². The third kappa shape index (κ3) is 2.83. The van der Waals surface area contributed by atoms with Crippen LogP contribution in [0.5, 0.6) is 0 Å². The average Bonchev–Trinajstić information content (AvgIpc) is 2.30. The molecule has 1 heterocycles. The Morgan fingerprint density at radius 1 is 1.35 bits per heavy atom. The summed E-state index contributed by atoms with van der Waals surface area (Å²) < 4.78 is 0. The van der Waals surface area contributed by atoms with E-state index < -0.39 is 0 Å². The summed E-state index contributed by atoms with van der Waals surface area (Å²) in [6.07, 6.45) is 0. The van der Waals surface area contributed by atoms with Gasteiger partial charge in [-0.25, -0.2) is 0 Å². The lowest BCUT2D eigenvalue weighted by molar-refractivity contribution is 0.275. The molecular formula is C14H21BrN2. The van der Waals surface area contributed by atoms with Gasteiger partial charge in [-0.1, -0.05) is 33.6 Å². The van der Waals surface area contributed by atoms with Gasteiger partial charge >= 0.3 is 0 Å². The van der Waals surface area contributed by atoms with E-state index in [2.05, 4.69) is 64.8 Å². The second-order valence-electron chi connectivity index (χ2n) is 5.07. The van der Waals surface area contributed by atoms with Crippen LogP contribution in [0.2, 0.25) is 0 Å². The van der Waals surface area contributed by atoms with Crippen LogP contribution in [0.25, 0.3) is 0 Å². The molecule has 0 aromatic heterocycles. The van der Waals surface area contributed by atoms with E-state index in [0.717, 1.165) is 25.0 Å². The van der Waals surface area contributed by atoms with Crippen molar-refractivity contribution in [3.05, 3.63) is 29.3 Å². The Kier molecular flexibility index (Phi) is 4.10. The Hall–Kier alpha value is -0.540. The Morgan fingerprint density at radius 3 is 2.76 bits per heavy atom. The van der Waals surface area contributed by atoms with Gasteiger partial charge in [0, 0.05) is 36.7 Å². The lowest BCUT2D eigenvalue weighted by atomic mass is 10.1. The van der Waals surface area contributed by atoms with Crippen LogP contribution in [0.1, 0.15) is 18.1 Å². The van der Waals surface area contributed by atoms with E-state index in [1.54, 1.807) is 0 Å². The minimum atomic E-state index is 0.592. The molecule has 0 aliphatic carbocycles. The van der Waals surface area contributed by atoms with Crippen molar-refractivity contribution in [1.29, 1.82) is 0 Å². The van der Waals surface area contributed by atoms with Gasteiger partial charge in [-0.2, -0.15) is 0 Å². The highest BCUT2D eigenvalue weighted by Crippen LogP contribution is 2.27. The first kappa shape index (κ1) is 12.9. The monoisotopic (exact) mass is 296 g/mol. The molecule has 0 saturated carbocycles. The Morgan fingerprint density at radius 2 is 2.12 bits per heavy atom. The summed E-state index contributed by atoms with van der Waals surface area (Å²) in [6.45, 7) is 7.90. The zero-order chi connectivity index (χ0) is 12.4. The molecule has 1 atom stereocenters. The summed E-state index contributed by atoms with van der Waals surface area (Å²) in [5.41, 5.74) is 4.14. The molecular weight excluding hydrogens is 276 g/mol. The maximum atomic E-state index is 3.60. The predicted molar refractivity (Wildman–Crippen MR) is 78.1 cm³/mol. The fraction of sp³-hybridized carbons (Fsp3) is 0.571. The molecule has 1 aliphatic rings. The summed E-state index contributed by atoms with van der Waals surface area (Å²) in [6, 6.07) is 7.37. The number of rotatable bonds is 2. The quantitative estimate of drug-likeness (QED) is 0.774. The van der Waals surface area contributed by atoms with Gasteiger partial charge in [-0.3, -0.25) is 0 Å². The molecule has 94 valence electrons. The van der Waals surface area contributed by atoms with E-state index in [0.29, 0.717) is 6.04 Å². The zero-order valence-electron chi connectivity index (χ0n) is 10.9. The number of alkyl halides is 1. The average molecular weight is 297 g/mol. The van der Waals surface area contributed by atoms with Crippen LogP contribution in [0.3, 0.4) is 0 Å². The van der Waals surface area contributed by atoms with Gasteiger partial charge in [0.05, 0.1) is 0 Å². The number of aryl methyl sites for hydroxylation is 1. The van der Waals surface area contributed by atoms with E-state index >= 15 is 0 Å². The number of nitrogens with zero attached hydrogens (tertiary/aromatic N) is 2. The maximum absolute atomic E-state index is 3.60. The van der Waals surface area contributed by atoms with Crippen LogP contribution in [0.4, 0.5) is 5.69 Å². The number of hydrogen-bond donors (Lipinski definition) is 0. The Balaban J connectivity index is 2.27. The minimum Gasteiger partial charge on any atom is -0.366 e. The van der Waals surface area contributed by atoms with Crippen LogP contribution in [0, 0.1) is 6.92 Å². The number of hydrogen-bond acceptors (Lipinski definition) is 2. The molecule has 1 aliphatic heterocycles. The fourth-order valence-electron chi connectivity index (χ4n) is 2.60. The highest BCUT2D eigenvalue weighted by atomic mass is 79.9. The third-order valence-corrected chi connectivity index (χ3v) is 4.12. The molecule has 0 N–H and O–H groups in total. The van der Waals surface area contributed by atoms with Gasteiger partial charge in [-0.15, -0.1) is 0 Å². The predicted octanol–water partition coefficient (Wildman–Crippen LogP) is 3.03. The van der Waals surface area contributed by atoms with Crippen LogP contribution in [-0.2, 0) is 5.33 Å². The molecule has 0 amide bonds. The number of piperazine rings is 1. The summed E-state index contributed by atoms with van der Waals surface area (Å²) in [7, 11) is 2.20. The third-order valence-electron chi connectivity index (χ3n) is 3.52. The van der Waals surface area contributed by atoms with E-state index in [1.807, 2.05) is 0 Å². The number of likely N-dealkylation sites (N-methyl/N-ethyl adjacent to an activating group) is 1. The van der Waals surface area contributed by atoms with Crippen molar-refractivity contribution in [2.45, 2.75) is 25.2 Å². The molecule has 1 saturated heterocycles. The van der Waals surface area contributed by atoms with Crippen molar-refractivity contribution in [2.75, 3.05) is 31.6 Å². The molecule has 17 heavy (non-hydrogen) atoms. The van der Waals surface area contributed by atoms with Crippen LogP contribution in [0.15, 0.2) is 18.2 Å². The lowest BCUT2D eigenvalue weighted by Crippen LogP contribution is -2.50. The minimum absolute atomic E-state index is 0.592. The van der Waals surface area contributed by atoms with E-state index in [-0.39, 0.29) is 0 Å². The van der Waals surface area contributed by atoms with Crippen molar-refractivity contribution in [2.24, 2.45) is 0 Å². The zero-order valence-corrected chi connectivity index (χ0v) is 12.5. The van der Waals surface area contributed by atoms with Gasteiger partial charge in [0.25, 0.3) is 0 Å². The molecule has 0 bridgehead atoms.